The van der Waals surface area contributed by atoms with Gasteiger partial charge in [-0.3, -0.25) is 14.9 Å². The Morgan fingerprint density at radius 1 is 1.19 bits per heavy atom. The first-order valence-electron chi connectivity index (χ1n) is 8.22. The van der Waals surface area contributed by atoms with Gasteiger partial charge in [0, 0.05) is 24.7 Å². The van der Waals surface area contributed by atoms with Crippen LogP contribution in [0, 0.1) is 17.0 Å². The van der Waals surface area contributed by atoms with Gasteiger partial charge in [0.2, 0.25) is 0 Å². The molecular weight excluding hydrogens is 336 g/mol. The Hall–Kier alpha value is -3.22. The van der Waals surface area contributed by atoms with Crippen LogP contribution in [-0.2, 0) is 22.5 Å². The molecule has 0 unspecified atom stereocenters. The minimum absolute atomic E-state index is 0.0652. The third kappa shape index (κ3) is 3.72. The summed E-state index contributed by atoms with van der Waals surface area (Å²) in [5.41, 5.74) is 2.82. The molecule has 0 aliphatic carbocycles. The molecule has 1 aliphatic heterocycles. The van der Waals surface area contributed by atoms with Crippen LogP contribution in [0.15, 0.2) is 42.5 Å². The topological polar surface area (TPSA) is 89.8 Å². The quantitative estimate of drug-likeness (QED) is 0.478. The Balaban J connectivity index is 1.59. The van der Waals surface area contributed by atoms with Crippen molar-refractivity contribution in [3.05, 3.63) is 74.8 Å². The summed E-state index contributed by atoms with van der Waals surface area (Å²) in [6, 6.07) is 11.9. The standard InChI is InChI=1S/C19H18N2O5/c1-13-10-15(6-7-17(13)21(24)25)19(23)26-12-18(22)20-9-8-14-4-2-3-5-16(14)11-20/h2-7,10H,8-9,11-12H2,1H3. The van der Waals surface area contributed by atoms with Crippen molar-refractivity contribution in [1.29, 1.82) is 0 Å². The maximum atomic E-state index is 12.3. The highest BCUT2D eigenvalue weighted by molar-refractivity contribution is 5.91. The van der Waals surface area contributed by atoms with E-state index in [4.69, 9.17) is 4.74 Å². The third-order valence-electron chi connectivity index (χ3n) is 4.44. The number of esters is 1. The van der Waals surface area contributed by atoms with Gasteiger partial charge < -0.3 is 9.64 Å². The fourth-order valence-electron chi connectivity index (χ4n) is 3.00. The van der Waals surface area contributed by atoms with E-state index in [-0.39, 0.29) is 23.8 Å². The Labute approximate surface area is 150 Å². The number of rotatable bonds is 4. The molecule has 0 atom stereocenters. The lowest BCUT2D eigenvalue weighted by Crippen LogP contribution is -2.38. The van der Waals surface area contributed by atoms with E-state index in [1.54, 1.807) is 11.8 Å². The molecule has 0 aromatic heterocycles. The summed E-state index contributed by atoms with van der Waals surface area (Å²) < 4.78 is 5.09. The number of amides is 1. The van der Waals surface area contributed by atoms with Crippen LogP contribution in [0.5, 0.6) is 0 Å². The van der Waals surface area contributed by atoms with E-state index in [1.165, 1.54) is 23.8 Å². The summed E-state index contributed by atoms with van der Waals surface area (Å²) in [5, 5.41) is 10.8. The molecule has 134 valence electrons. The van der Waals surface area contributed by atoms with Crippen LogP contribution in [-0.4, -0.2) is 34.9 Å². The van der Waals surface area contributed by atoms with Gasteiger partial charge in [0.1, 0.15) is 0 Å². The van der Waals surface area contributed by atoms with Gasteiger partial charge in [-0.15, -0.1) is 0 Å². The molecule has 2 aromatic carbocycles. The van der Waals surface area contributed by atoms with Crippen LogP contribution in [0.3, 0.4) is 0 Å². The highest BCUT2D eigenvalue weighted by Crippen LogP contribution is 2.20. The van der Waals surface area contributed by atoms with Gasteiger partial charge >= 0.3 is 5.97 Å². The van der Waals surface area contributed by atoms with E-state index in [0.717, 1.165) is 12.0 Å². The van der Waals surface area contributed by atoms with Crippen molar-refractivity contribution in [1.82, 2.24) is 4.90 Å². The van der Waals surface area contributed by atoms with Crippen molar-refractivity contribution in [3.63, 3.8) is 0 Å². The first kappa shape index (κ1) is 17.6. The zero-order valence-corrected chi connectivity index (χ0v) is 14.3. The molecule has 1 heterocycles. The molecule has 0 N–H and O–H groups in total. The summed E-state index contributed by atoms with van der Waals surface area (Å²) in [6.45, 7) is 2.29. The number of carbonyl (C=O) groups is 2. The molecule has 26 heavy (non-hydrogen) atoms. The number of nitro groups is 1. The lowest BCUT2D eigenvalue weighted by molar-refractivity contribution is -0.385. The van der Waals surface area contributed by atoms with Crippen molar-refractivity contribution in [3.8, 4) is 0 Å². The molecular formula is C19H18N2O5. The Bertz CT molecular complexity index is 878. The van der Waals surface area contributed by atoms with Gasteiger partial charge in [-0.1, -0.05) is 24.3 Å². The number of hydrogen-bond donors (Lipinski definition) is 0. The molecule has 0 saturated heterocycles. The lowest BCUT2D eigenvalue weighted by Gasteiger charge is -2.28. The number of carbonyl (C=O) groups excluding carboxylic acids is 2. The average molecular weight is 354 g/mol. The highest BCUT2D eigenvalue weighted by atomic mass is 16.6. The fourth-order valence-corrected chi connectivity index (χ4v) is 3.00. The van der Waals surface area contributed by atoms with Crippen LogP contribution in [0.25, 0.3) is 0 Å². The lowest BCUT2D eigenvalue weighted by atomic mass is 10.00. The largest absolute Gasteiger partial charge is 0.452 e. The summed E-state index contributed by atoms with van der Waals surface area (Å²) >= 11 is 0. The van der Waals surface area contributed by atoms with E-state index >= 15 is 0 Å². The smallest absolute Gasteiger partial charge is 0.338 e. The number of aryl methyl sites for hydroxylation is 1. The van der Waals surface area contributed by atoms with E-state index in [0.29, 0.717) is 18.7 Å². The second-order valence-corrected chi connectivity index (χ2v) is 6.17. The molecule has 2 aromatic rings. The molecule has 0 bridgehead atoms. The average Bonchev–Trinajstić information content (AvgIpc) is 2.65. The molecule has 1 aliphatic rings. The maximum Gasteiger partial charge on any atom is 0.338 e. The van der Waals surface area contributed by atoms with E-state index in [9.17, 15) is 19.7 Å². The zero-order chi connectivity index (χ0) is 18.7. The molecule has 0 spiro atoms. The Morgan fingerprint density at radius 2 is 1.92 bits per heavy atom. The summed E-state index contributed by atoms with van der Waals surface area (Å²) in [6.07, 6.45) is 0.775. The van der Waals surface area contributed by atoms with Gasteiger partial charge in [-0.25, -0.2) is 4.79 Å². The number of fused-ring (bicyclic) bond motifs is 1. The summed E-state index contributed by atoms with van der Waals surface area (Å²) in [5.74, 6) is -0.930. The van der Waals surface area contributed by atoms with E-state index < -0.39 is 10.9 Å². The fraction of sp³-hybridized carbons (Fsp3) is 0.263. The van der Waals surface area contributed by atoms with Crippen LogP contribution in [0.4, 0.5) is 5.69 Å². The third-order valence-corrected chi connectivity index (χ3v) is 4.44. The molecule has 3 rings (SSSR count). The summed E-state index contributed by atoms with van der Waals surface area (Å²) in [7, 11) is 0. The molecule has 7 heteroatoms. The number of benzene rings is 2. The van der Waals surface area contributed by atoms with E-state index in [2.05, 4.69) is 0 Å². The number of nitrogens with zero attached hydrogens (tertiary/aromatic N) is 2. The monoisotopic (exact) mass is 354 g/mol. The predicted octanol–water partition coefficient (Wildman–Crippen LogP) is 2.64. The molecule has 0 radical (unpaired) electrons. The predicted molar refractivity (Wildman–Crippen MR) is 93.7 cm³/mol. The molecule has 1 amide bonds. The van der Waals surface area contributed by atoms with Gasteiger partial charge in [0.25, 0.3) is 11.6 Å². The maximum absolute atomic E-state index is 12.3. The molecule has 7 nitrogen and oxygen atoms in total. The van der Waals surface area contributed by atoms with Crippen molar-refractivity contribution < 1.29 is 19.2 Å². The van der Waals surface area contributed by atoms with Crippen molar-refractivity contribution in [2.24, 2.45) is 0 Å². The van der Waals surface area contributed by atoms with Gasteiger partial charge in [0.05, 0.1) is 10.5 Å². The highest BCUT2D eigenvalue weighted by Gasteiger charge is 2.22. The van der Waals surface area contributed by atoms with Gasteiger partial charge in [-0.2, -0.15) is 0 Å². The number of hydrogen-bond acceptors (Lipinski definition) is 5. The summed E-state index contributed by atoms with van der Waals surface area (Å²) in [4.78, 5) is 36.4. The van der Waals surface area contributed by atoms with Gasteiger partial charge in [0.15, 0.2) is 6.61 Å². The van der Waals surface area contributed by atoms with Crippen molar-refractivity contribution in [2.75, 3.05) is 13.2 Å². The first-order chi connectivity index (χ1) is 12.5. The second kappa shape index (κ2) is 7.35. The first-order valence-corrected chi connectivity index (χ1v) is 8.22. The number of nitro benzene ring substituents is 1. The van der Waals surface area contributed by atoms with Crippen LogP contribution < -0.4 is 0 Å². The zero-order valence-electron chi connectivity index (χ0n) is 14.3. The minimum atomic E-state index is -0.672. The van der Waals surface area contributed by atoms with Crippen molar-refractivity contribution >= 4 is 17.6 Å². The van der Waals surface area contributed by atoms with Crippen LogP contribution in [0.2, 0.25) is 0 Å². The minimum Gasteiger partial charge on any atom is -0.452 e. The van der Waals surface area contributed by atoms with Crippen molar-refractivity contribution in [2.45, 2.75) is 19.9 Å². The second-order valence-electron chi connectivity index (χ2n) is 6.17. The number of ether oxygens (including phenoxy) is 1. The van der Waals surface area contributed by atoms with Crippen LogP contribution in [0.1, 0.15) is 27.0 Å². The van der Waals surface area contributed by atoms with E-state index in [1.807, 2.05) is 24.3 Å². The Morgan fingerprint density at radius 3 is 2.62 bits per heavy atom. The Kier molecular flexibility index (Phi) is 4.97. The SMILES string of the molecule is Cc1cc(C(=O)OCC(=O)N2CCc3ccccc3C2)ccc1[N+](=O)[O-]. The van der Waals surface area contributed by atoms with Gasteiger partial charge in [-0.05, 0) is 36.6 Å². The normalized spacial score (nSPS) is 13.0. The van der Waals surface area contributed by atoms with Crippen LogP contribution >= 0.6 is 0 Å². The molecule has 0 saturated carbocycles. The molecule has 0 fully saturated rings.